The van der Waals surface area contributed by atoms with Gasteiger partial charge in [0.2, 0.25) is 0 Å². The minimum absolute atomic E-state index is 0.0388. The quantitative estimate of drug-likeness (QED) is 0.605. The Labute approximate surface area is 113 Å². The Morgan fingerprint density at radius 3 is 2.60 bits per heavy atom. The SMILES string of the molecule is SCCOc1cccc(S)c1C(S)CS. The molecule has 1 aromatic rings. The van der Waals surface area contributed by atoms with Crippen LogP contribution in [0.5, 0.6) is 5.75 Å². The Morgan fingerprint density at radius 1 is 1.27 bits per heavy atom. The molecular weight excluding hydrogens is 264 g/mol. The predicted molar refractivity (Wildman–Crippen MR) is 78.6 cm³/mol. The zero-order valence-corrected chi connectivity index (χ0v) is 11.7. The van der Waals surface area contributed by atoms with Gasteiger partial charge in [0, 0.05) is 27.2 Å². The highest BCUT2D eigenvalue weighted by atomic mass is 32.1. The molecule has 0 spiro atoms. The van der Waals surface area contributed by atoms with Gasteiger partial charge in [-0.25, -0.2) is 0 Å². The Bertz CT molecular complexity index is 316. The lowest BCUT2D eigenvalue weighted by Gasteiger charge is -2.16. The summed E-state index contributed by atoms with van der Waals surface area (Å²) in [5.41, 5.74) is 1.00. The topological polar surface area (TPSA) is 9.23 Å². The largest absolute Gasteiger partial charge is 0.492 e. The van der Waals surface area contributed by atoms with E-state index < -0.39 is 0 Å². The normalized spacial score (nSPS) is 12.5. The first-order valence-corrected chi connectivity index (χ1v) is 6.78. The second-order valence-electron chi connectivity index (χ2n) is 2.96. The van der Waals surface area contributed by atoms with E-state index in [1.807, 2.05) is 18.2 Å². The molecule has 0 fully saturated rings. The fraction of sp³-hybridized carbons (Fsp3) is 0.400. The van der Waals surface area contributed by atoms with Gasteiger partial charge in [-0.15, -0.1) is 12.6 Å². The van der Waals surface area contributed by atoms with Crippen molar-refractivity contribution in [2.24, 2.45) is 0 Å². The molecule has 1 rings (SSSR count). The van der Waals surface area contributed by atoms with Gasteiger partial charge in [-0.05, 0) is 12.1 Å². The predicted octanol–water partition coefficient (Wildman–Crippen LogP) is 3.18. The van der Waals surface area contributed by atoms with Gasteiger partial charge in [0.25, 0.3) is 0 Å². The summed E-state index contributed by atoms with van der Waals surface area (Å²) in [6.07, 6.45) is 0. The molecular formula is C10H14OS4. The number of rotatable bonds is 5. The van der Waals surface area contributed by atoms with E-state index in [0.29, 0.717) is 18.1 Å². The molecule has 0 aliphatic carbocycles. The van der Waals surface area contributed by atoms with E-state index in [1.54, 1.807) is 0 Å². The van der Waals surface area contributed by atoms with E-state index in [0.717, 1.165) is 16.2 Å². The lowest BCUT2D eigenvalue weighted by atomic mass is 10.1. The third kappa shape index (κ3) is 3.73. The minimum Gasteiger partial charge on any atom is -0.492 e. The molecule has 0 heterocycles. The van der Waals surface area contributed by atoms with Crippen molar-refractivity contribution in [3.63, 3.8) is 0 Å². The Morgan fingerprint density at radius 2 is 2.00 bits per heavy atom. The third-order valence-electron chi connectivity index (χ3n) is 1.90. The maximum absolute atomic E-state index is 5.58. The average Bonchev–Trinajstić information content (AvgIpc) is 2.25. The van der Waals surface area contributed by atoms with Crippen molar-refractivity contribution in [2.75, 3.05) is 18.1 Å². The van der Waals surface area contributed by atoms with Crippen molar-refractivity contribution in [1.29, 1.82) is 0 Å². The highest BCUT2D eigenvalue weighted by Gasteiger charge is 2.14. The molecule has 1 unspecified atom stereocenters. The fourth-order valence-corrected chi connectivity index (χ4v) is 2.23. The molecule has 0 saturated heterocycles. The van der Waals surface area contributed by atoms with Gasteiger partial charge in [0.1, 0.15) is 5.75 Å². The van der Waals surface area contributed by atoms with Gasteiger partial charge >= 0.3 is 0 Å². The first kappa shape index (κ1) is 13.5. The van der Waals surface area contributed by atoms with Crippen LogP contribution in [0, 0.1) is 0 Å². The summed E-state index contributed by atoms with van der Waals surface area (Å²) in [5.74, 6) is 2.16. The minimum atomic E-state index is 0.0388. The second kappa shape index (κ2) is 6.89. The molecule has 0 radical (unpaired) electrons. The first-order valence-electron chi connectivity index (χ1n) is 4.55. The van der Waals surface area contributed by atoms with Crippen LogP contribution in [0.4, 0.5) is 0 Å². The van der Waals surface area contributed by atoms with Crippen LogP contribution in [-0.4, -0.2) is 18.1 Å². The smallest absolute Gasteiger partial charge is 0.124 e. The number of ether oxygens (including phenoxy) is 1. The van der Waals surface area contributed by atoms with E-state index in [1.165, 1.54) is 0 Å². The standard InChI is InChI=1S/C10H14OS4/c12-5-4-11-7-2-1-3-8(14)10(7)9(15)6-13/h1-3,9,12-15H,4-6H2. The number of benzene rings is 1. The zero-order chi connectivity index (χ0) is 11.3. The molecule has 0 aromatic heterocycles. The van der Waals surface area contributed by atoms with Crippen molar-refractivity contribution in [3.05, 3.63) is 23.8 Å². The van der Waals surface area contributed by atoms with Crippen LogP contribution in [0.15, 0.2) is 23.1 Å². The van der Waals surface area contributed by atoms with Gasteiger partial charge in [-0.1, -0.05) is 6.07 Å². The van der Waals surface area contributed by atoms with Crippen molar-refractivity contribution < 1.29 is 4.74 Å². The summed E-state index contributed by atoms with van der Waals surface area (Å²) in [6, 6.07) is 5.77. The van der Waals surface area contributed by atoms with Gasteiger partial charge < -0.3 is 4.74 Å². The number of hydrogen-bond donors (Lipinski definition) is 4. The number of thiol groups is 4. The van der Waals surface area contributed by atoms with Gasteiger partial charge in [-0.3, -0.25) is 0 Å². The van der Waals surface area contributed by atoms with Crippen molar-refractivity contribution in [1.82, 2.24) is 0 Å². The summed E-state index contributed by atoms with van der Waals surface area (Å²) < 4.78 is 5.58. The highest BCUT2D eigenvalue weighted by Crippen LogP contribution is 2.35. The van der Waals surface area contributed by atoms with E-state index in [4.69, 9.17) is 4.74 Å². The second-order valence-corrected chi connectivity index (χ2v) is 4.88. The first-order chi connectivity index (χ1) is 7.20. The van der Waals surface area contributed by atoms with Crippen LogP contribution in [-0.2, 0) is 0 Å². The van der Waals surface area contributed by atoms with Crippen LogP contribution in [0.2, 0.25) is 0 Å². The van der Waals surface area contributed by atoms with Crippen LogP contribution >= 0.6 is 50.5 Å². The maximum Gasteiger partial charge on any atom is 0.124 e. The number of hydrogen-bond acceptors (Lipinski definition) is 5. The Balaban J connectivity index is 2.97. The fourth-order valence-electron chi connectivity index (χ4n) is 1.24. The van der Waals surface area contributed by atoms with Crippen LogP contribution in [0.1, 0.15) is 10.8 Å². The van der Waals surface area contributed by atoms with Crippen LogP contribution in [0.25, 0.3) is 0 Å². The zero-order valence-electron chi connectivity index (χ0n) is 8.13. The summed E-state index contributed by atoms with van der Waals surface area (Å²) in [5, 5.41) is 0.0388. The summed E-state index contributed by atoms with van der Waals surface area (Å²) >= 11 is 17.2. The monoisotopic (exact) mass is 278 g/mol. The summed E-state index contributed by atoms with van der Waals surface area (Å²) in [7, 11) is 0. The van der Waals surface area contributed by atoms with Crippen molar-refractivity contribution in [3.8, 4) is 5.75 Å². The van der Waals surface area contributed by atoms with Crippen LogP contribution < -0.4 is 4.74 Å². The van der Waals surface area contributed by atoms with Crippen molar-refractivity contribution >= 4 is 50.5 Å². The molecule has 0 N–H and O–H groups in total. The van der Waals surface area contributed by atoms with E-state index in [2.05, 4.69) is 50.5 Å². The van der Waals surface area contributed by atoms with E-state index in [9.17, 15) is 0 Å². The molecule has 15 heavy (non-hydrogen) atoms. The molecule has 1 nitrogen and oxygen atoms in total. The lowest BCUT2D eigenvalue weighted by Crippen LogP contribution is -2.04. The van der Waals surface area contributed by atoms with Crippen LogP contribution in [0.3, 0.4) is 0 Å². The Hall–Kier alpha value is 0.420. The molecule has 0 bridgehead atoms. The maximum atomic E-state index is 5.58. The summed E-state index contributed by atoms with van der Waals surface area (Å²) in [4.78, 5) is 0.890. The van der Waals surface area contributed by atoms with Gasteiger partial charge in [-0.2, -0.15) is 37.9 Å². The molecule has 1 aromatic carbocycles. The highest BCUT2D eigenvalue weighted by molar-refractivity contribution is 7.84. The van der Waals surface area contributed by atoms with Gasteiger partial charge in [0.05, 0.1) is 6.61 Å². The molecule has 0 saturated carbocycles. The van der Waals surface area contributed by atoms with E-state index >= 15 is 0 Å². The summed E-state index contributed by atoms with van der Waals surface area (Å²) in [6.45, 7) is 0.584. The Kier molecular flexibility index (Phi) is 6.19. The third-order valence-corrected chi connectivity index (χ3v) is 3.56. The van der Waals surface area contributed by atoms with Crippen molar-refractivity contribution in [2.45, 2.75) is 10.1 Å². The molecule has 0 amide bonds. The molecule has 0 aliphatic rings. The molecule has 84 valence electrons. The molecule has 5 heteroatoms. The molecule has 0 aliphatic heterocycles. The molecule has 1 atom stereocenters. The lowest BCUT2D eigenvalue weighted by molar-refractivity contribution is 0.339. The van der Waals surface area contributed by atoms with Gasteiger partial charge in [0.15, 0.2) is 0 Å². The average molecular weight is 278 g/mol. The van der Waals surface area contributed by atoms with E-state index in [-0.39, 0.29) is 5.25 Å².